The van der Waals surface area contributed by atoms with Crippen LogP contribution in [-0.2, 0) is 17.9 Å². The number of likely N-dealkylation sites (N-methyl/N-ethyl adjacent to an activating group) is 1. The van der Waals surface area contributed by atoms with Gasteiger partial charge in [-0.3, -0.25) is 9.36 Å². The van der Waals surface area contributed by atoms with Crippen LogP contribution < -0.4 is 22.0 Å². The summed E-state index contributed by atoms with van der Waals surface area (Å²) in [7, 11) is 1.33. The Kier molecular flexibility index (Phi) is 6.43. The molecule has 2 heterocycles. The average molecular weight is 504 g/mol. The Balaban J connectivity index is 1.86. The molecule has 0 bridgehead atoms. The lowest BCUT2D eigenvalue weighted by molar-refractivity contribution is -0.121. The minimum Gasteiger partial charge on any atom is -0.358 e. The first-order chi connectivity index (χ1) is 16.6. The lowest BCUT2D eigenvalue weighted by Crippen LogP contribution is -2.45. The van der Waals surface area contributed by atoms with Crippen LogP contribution in [-0.4, -0.2) is 32.1 Å². The summed E-state index contributed by atoms with van der Waals surface area (Å²) in [6.07, 6.45) is 0. The molecule has 2 N–H and O–H groups in total. The highest BCUT2D eigenvalue weighted by molar-refractivity contribution is 7.18. The van der Waals surface area contributed by atoms with Gasteiger partial charge in [-0.05, 0) is 49.2 Å². The van der Waals surface area contributed by atoms with E-state index in [4.69, 9.17) is 0 Å². The molecular formula is C22H19F3N6O3S. The van der Waals surface area contributed by atoms with Gasteiger partial charge in [0.1, 0.15) is 6.54 Å². The summed E-state index contributed by atoms with van der Waals surface area (Å²) < 4.78 is 43.4. The Bertz CT molecular complexity index is 1570. The zero-order chi connectivity index (χ0) is 25.4. The van der Waals surface area contributed by atoms with E-state index in [1.54, 1.807) is 13.0 Å². The number of hydrogen-bond acceptors (Lipinski definition) is 7. The number of hydrogen-bond donors (Lipinski definition) is 2. The lowest BCUT2D eigenvalue weighted by atomic mass is 10.2. The van der Waals surface area contributed by atoms with Crippen molar-refractivity contribution in [3.8, 4) is 0 Å². The number of benzene rings is 2. The molecule has 0 fully saturated rings. The summed E-state index contributed by atoms with van der Waals surface area (Å²) in [6.45, 7) is 2.58. The van der Waals surface area contributed by atoms with Gasteiger partial charge in [0.2, 0.25) is 11.9 Å². The van der Waals surface area contributed by atoms with Gasteiger partial charge in [0, 0.05) is 12.7 Å². The smallest absolute Gasteiger partial charge is 0.355 e. The highest BCUT2D eigenvalue weighted by Crippen LogP contribution is 2.29. The summed E-state index contributed by atoms with van der Waals surface area (Å²) in [6, 6.07) is 5.07. The number of nitrogens with one attached hydrogen (secondary N) is 2. The SMILES string of the molecule is CNC(=O)Cn1c(=O)nc(Nc2cc3sc(C)nc3cc2C)n(Cc2cc(F)c(F)c(F)c2)c1=O. The van der Waals surface area contributed by atoms with Gasteiger partial charge in [-0.15, -0.1) is 11.3 Å². The minimum absolute atomic E-state index is 0.0938. The zero-order valence-electron chi connectivity index (χ0n) is 18.8. The van der Waals surface area contributed by atoms with Crippen molar-refractivity contribution in [3.63, 3.8) is 0 Å². The first kappa shape index (κ1) is 24.1. The number of aromatic nitrogens is 4. The van der Waals surface area contributed by atoms with Crippen molar-refractivity contribution < 1.29 is 18.0 Å². The Morgan fingerprint density at radius 3 is 2.37 bits per heavy atom. The Morgan fingerprint density at radius 2 is 1.71 bits per heavy atom. The van der Waals surface area contributed by atoms with Gasteiger partial charge >= 0.3 is 11.4 Å². The lowest BCUT2D eigenvalue weighted by Gasteiger charge is -2.16. The number of carbonyl (C=O) groups is 1. The second-order valence-corrected chi connectivity index (χ2v) is 8.95. The fourth-order valence-corrected chi connectivity index (χ4v) is 4.30. The normalized spacial score (nSPS) is 11.1. The molecule has 4 aromatic rings. The molecule has 13 heteroatoms. The van der Waals surface area contributed by atoms with Crippen LogP contribution in [0.4, 0.5) is 24.8 Å². The van der Waals surface area contributed by atoms with Gasteiger partial charge in [0.25, 0.3) is 0 Å². The van der Waals surface area contributed by atoms with Crippen molar-refractivity contribution in [2.24, 2.45) is 0 Å². The van der Waals surface area contributed by atoms with Crippen LogP contribution in [0.25, 0.3) is 10.2 Å². The first-order valence-corrected chi connectivity index (χ1v) is 11.1. The summed E-state index contributed by atoms with van der Waals surface area (Å²) in [5.41, 5.74) is -0.0172. The molecule has 0 radical (unpaired) electrons. The Hall–Kier alpha value is -4.00. The second kappa shape index (κ2) is 9.33. The standard InChI is InChI=1S/C22H19F3N6O3S/c1-10-4-16-17(35-11(2)27-16)7-15(10)28-20-29-21(33)31(9-18(32)26-3)22(34)30(20)8-12-5-13(23)19(25)14(24)6-12/h4-7H,8-9H2,1-3H3,(H,26,32)(H,28,29,33). The zero-order valence-corrected chi connectivity index (χ0v) is 19.6. The quantitative estimate of drug-likeness (QED) is 0.391. The van der Waals surface area contributed by atoms with Crippen LogP contribution >= 0.6 is 11.3 Å². The highest BCUT2D eigenvalue weighted by atomic mass is 32.1. The van der Waals surface area contributed by atoms with Crippen LogP contribution in [0.2, 0.25) is 0 Å². The van der Waals surface area contributed by atoms with Crippen LogP contribution in [0.5, 0.6) is 0 Å². The molecule has 0 saturated carbocycles. The van der Waals surface area contributed by atoms with E-state index in [1.165, 1.54) is 18.4 Å². The third-order valence-corrected chi connectivity index (χ3v) is 6.14. The highest BCUT2D eigenvalue weighted by Gasteiger charge is 2.19. The number of aryl methyl sites for hydroxylation is 2. The molecule has 0 aliphatic heterocycles. The maximum atomic E-state index is 13.8. The molecular weight excluding hydrogens is 485 g/mol. The van der Waals surface area contributed by atoms with Gasteiger partial charge in [0.05, 0.1) is 21.8 Å². The van der Waals surface area contributed by atoms with Gasteiger partial charge in [-0.2, -0.15) is 4.98 Å². The molecule has 4 rings (SSSR count). The summed E-state index contributed by atoms with van der Waals surface area (Å²) in [4.78, 5) is 45.9. The number of amides is 1. The van der Waals surface area contributed by atoms with Gasteiger partial charge in [-0.1, -0.05) is 0 Å². The van der Waals surface area contributed by atoms with Crippen molar-refractivity contribution in [1.82, 2.24) is 24.4 Å². The van der Waals surface area contributed by atoms with E-state index in [0.717, 1.165) is 37.5 Å². The fraction of sp³-hybridized carbons (Fsp3) is 0.227. The molecule has 35 heavy (non-hydrogen) atoms. The van der Waals surface area contributed by atoms with Crippen molar-refractivity contribution in [2.45, 2.75) is 26.9 Å². The number of halogens is 3. The first-order valence-electron chi connectivity index (χ1n) is 10.3. The largest absolute Gasteiger partial charge is 0.358 e. The molecule has 0 aliphatic carbocycles. The summed E-state index contributed by atoms with van der Waals surface area (Å²) in [5.74, 6) is -5.36. The fourth-order valence-electron chi connectivity index (χ4n) is 3.46. The maximum absolute atomic E-state index is 13.8. The van der Waals surface area contributed by atoms with E-state index in [2.05, 4.69) is 20.6 Å². The van der Waals surface area contributed by atoms with Crippen molar-refractivity contribution >= 4 is 39.1 Å². The van der Waals surface area contributed by atoms with E-state index >= 15 is 0 Å². The van der Waals surface area contributed by atoms with E-state index in [1.807, 2.05) is 13.0 Å². The van der Waals surface area contributed by atoms with Crippen molar-refractivity contribution in [1.29, 1.82) is 0 Å². The third-order valence-electron chi connectivity index (χ3n) is 5.20. The van der Waals surface area contributed by atoms with Gasteiger partial charge in [-0.25, -0.2) is 32.3 Å². The predicted molar refractivity (Wildman–Crippen MR) is 125 cm³/mol. The Labute approximate surface area is 199 Å². The summed E-state index contributed by atoms with van der Waals surface area (Å²) in [5, 5.41) is 6.09. The molecule has 2 aromatic heterocycles. The molecule has 0 atom stereocenters. The average Bonchev–Trinajstić information content (AvgIpc) is 3.16. The number of anilines is 2. The van der Waals surface area contributed by atoms with Crippen LogP contribution in [0, 0.1) is 31.3 Å². The van der Waals surface area contributed by atoms with E-state index in [-0.39, 0.29) is 11.5 Å². The van der Waals surface area contributed by atoms with Crippen molar-refractivity contribution in [3.05, 3.63) is 78.8 Å². The molecule has 0 saturated heterocycles. The number of rotatable bonds is 6. The topological polar surface area (TPSA) is 111 Å². The molecule has 1 amide bonds. The molecule has 2 aromatic carbocycles. The number of fused-ring (bicyclic) bond motifs is 1. The van der Waals surface area contributed by atoms with Crippen molar-refractivity contribution in [2.75, 3.05) is 12.4 Å². The molecule has 182 valence electrons. The van der Waals surface area contributed by atoms with Crippen LogP contribution in [0.15, 0.2) is 33.9 Å². The Morgan fingerprint density at radius 1 is 1.03 bits per heavy atom. The number of carbonyl (C=O) groups excluding carboxylic acids is 1. The molecule has 0 spiro atoms. The minimum atomic E-state index is -1.65. The van der Waals surface area contributed by atoms with Gasteiger partial charge < -0.3 is 10.6 Å². The summed E-state index contributed by atoms with van der Waals surface area (Å²) >= 11 is 1.45. The maximum Gasteiger partial charge on any atom is 0.355 e. The molecule has 0 aliphatic rings. The molecule has 0 unspecified atom stereocenters. The monoisotopic (exact) mass is 504 g/mol. The van der Waals surface area contributed by atoms with Crippen LogP contribution in [0.1, 0.15) is 16.1 Å². The predicted octanol–water partition coefficient (Wildman–Crippen LogP) is 2.59. The number of nitrogens with zero attached hydrogens (tertiary/aromatic N) is 4. The number of thiazole rings is 1. The van der Waals surface area contributed by atoms with E-state index in [0.29, 0.717) is 10.3 Å². The molecule has 9 nitrogen and oxygen atoms in total. The van der Waals surface area contributed by atoms with Gasteiger partial charge in [0.15, 0.2) is 17.5 Å². The second-order valence-electron chi connectivity index (χ2n) is 7.71. The third kappa shape index (κ3) is 4.80. The van der Waals surface area contributed by atoms with Crippen LogP contribution in [0.3, 0.4) is 0 Å². The van der Waals surface area contributed by atoms with E-state index < -0.39 is 47.8 Å². The van der Waals surface area contributed by atoms with E-state index in [9.17, 15) is 27.6 Å².